The van der Waals surface area contributed by atoms with Crippen molar-refractivity contribution in [2.24, 2.45) is 4.99 Å². The number of rotatable bonds is 3. The topological polar surface area (TPSA) is 51.8 Å². The van der Waals surface area contributed by atoms with Crippen LogP contribution >= 0.6 is 23.2 Å². The highest BCUT2D eigenvalue weighted by molar-refractivity contribution is 6.35. The number of aryl methyl sites for hydroxylation is 1. The third kappa shape index (κ3) is 3.68. The predicted octanol–water partition coefficient (Wildman–Crippen LogP) is 5.91. The lowest BCUT2D eigenvalue weighted by Gasteiger charge is -2.01. The summed E-state index contributed by atoms with van der Waals surface area (Å²) in [4.78, 5) is 16.4. The van der Waals surface area contributed by atoms with Crippen LogP contribution in [0.3, 0.4) is 0 Å². The Balaban J connectivity index is 1.64. The van der Waals surface area contributed by atoms with Gasteiger partial charge >= 0.3 is 5.97 Å². The van der Waals surface area contributed by atoms with Gasteiger partial charge in [-0.3, -0.25) is 0 Å². The molecular formula is C21H13Cl2NO3. The van der Waals surface area contributed by atoms with Crippen LogP contribution in [-0.4, -0.2) is 11.9 Å². The van der Waals surface area contributed by atoms with Gasteiger partial charge in [0.15, 0.2) is 5.70 Å². The quantitative estimate of drug-likeness (QED) is 0.407. The molecule has 0 unspecified atom stereocenters. The highest BCUT2D eigenvalue weighted by Gasteiger charge is 2.24. The number of esters is 1. The van der Waals surface area contributed by atoms with Gasteiger partial charge in [0.25, 0.3) is 0 Å². The Labute approximate surface area is 165 Å². The molecule has 1 aliphatic rings. The molecule has 0 atom stereocenters. The van der Waals surface area contributed by atoms with Crippen LogP contribution in [0, 0.1) is 6.92 Å². The molecule has 0 N–H and O–H groups in total. The van der Waals surface area contributed by atoms with Crippen LogP contribution in [0.25, 0.3) is 17.4 Å². The fourth-order valence-electron chi connectivity index (χ4n) is 2.63. The van der Waals surface area contributed by atoms with Crippen LogP contribution < -0.4 is 0 Å². The summed E-state index contributed by atoms with van der Waals surface area (Å²) in [6.07, 6.45) is 1.53. The summed E-state index contributed by atoms with van der Waals surface area (Å²) in [5.41, 5.74) is 2.70. The Bertz CT molecular complexity index is 1090. The van der Waals surface area contributed by atoms with E-state index < -0.39 is 5.97 Å². The highest BCUT2D eigenvalue weighted by Crippen LogP contribution is 2.32. The zero-order valence-corrected chi connectivity index (χ0v) is 15.7. The molecule has 0 radical (unpaired) electrons. The average molecular weight is 398 g/mol. The van der Waals surface area contributed by atoms with Gasteiger partial charge in [0.05, 0.1) is 5.02 Å². The van der Waals surface area contributed by atoms with Crippen LogP contribution in [0.1, 0.15) is 16.9 Å². The van der Waals surface area contributed by atoms with E-state index in [1.807, 2.05) is 31.2 Å². The molecule has 1 aromatic heterocycles. The van der Waals surface area contributed by atoms with Crippen molar-refractivity contribution in [2.45, 2.75) is 6.92 Å². The van der Waals surface area contributed by atoms with E-state index in [4.69, 9.17) is 32.4 Å². The summed E-state index contributed by atoms with van der Waals surface area (Å²) in [6, 6.07) is 16.2. The zero-order valence-electron chi connectivity index (χ0n) is 14.2. The van der Waals surface area contributed by atoms with Crippen molar-refractivity contribution in [2.75, 3.05) is 0 Å². The van der Waals surface area contributed by atoms with Gasteiger partial charge in [0.2, 0.25) is 5.90 Å². The van der Waals surface area contributed by atoms with Gasteiger partial charge in [-0.25, -0.2) is 9.79 Å². The lowest BCUT2D eigenvalue weighted by atomic mass is 10.1. The summed E-state index contributed by atoms with van der Waals surface area (Å²) in [7, 11) is 0. The molecule has 0 spiro atoms. The molecule has 0 bridgehead atoms. The van der Waals surface area contributed by atoms with Crippen LogP contribution in [-0.2, 0) is 9.53 Å². The molecule has 4 nitrogen and oxygen atoms in total. The van der Waals surface area contributed by atoms with E-state index in [1.165, 1.54) is 6.08 Å². The van der Waals surface area contributed by atoms with E-state index in [-0.39, 0.29) is 11.6 Å². The first kappa shape index (κ1) is 17.6. The second-order valence-electron chi connectivity index (χ2n) is 6.03. The number of aliphatic imine (C=N–C) groups is 1. The van der Waals surface area contributed by atoms with E-state index >= 15 is 0 Å². The SMILES string of the molecule is Cc1ccc(C2=N/C(=C/c3ccc(-c4cc(Cl)ccc4Cl)o3)C(=O)O2)cc1. The maximum Gasteiger partial charge on any atom is 0.363 e. The first-order chi connectivity index (χ1) is 13.0. The van der Waals surface area contributed by atoms with E-state index in [0.29, 0.717) is 27.1 Å². The Morgan fingerprint density at radius 3 is 2.56 bits per heavy atom. The lowest BCUT2D eigenvalue weighted by Crippen LogP contribution is -2.05. The summed E-state index contributed by atoms with van der Waals surface area (Å²) in [5.74, 6) is 0.755. The minimum atomic E-state index is -0.524. The Morgan fingerprint density at radius 2 is 1.78 bits per heavy atom. The third-order valence-corrected chi connectivity index (χ3v) is 4.58. The van der Waals surface area contributed by atoms with Crippen LogP contribution in [0.15, 0.2) is 69.7 Å². The van der Waals surface area contributed by atoms with Crippen molar-refractivity contribution in [3.05, 3.63) is 87.2 Å². The number of halogens is 2. The fourth-order valence-corrected chi connectivity index (χ4v) is 3.01. The molecule has 0 amide bonds. The molecule has 134 valence electrons. The van der Waals surface area contributed by atoms with E-state index in [9.17, 15) is 4.79 Å². The molecule has 0 saturated carbocycles. The standard InChI is InChI=1S/C21H13Cl2NO3/c1-12-2-4-13(5-3-12)20-24-18(21(25)27-20)11-15-7-9-19(26-15)16-10-14(22)6-8-17(16)23/h2-11H,1H3/b18-11+. The van der Waals surface area contributed by atoms with Crippen molar-refractivity contribution in [1.82, 2.24) is 0 Å². The zero-order chi connectivity index (χ0) is 19.0. The number of nitrogens with zero attached hydrogens (tertiary/aromatic N) is 1. The summed E-state index contributed by atoms with van der Waals surface area (Å²) < 4.78 is 11.0. The van der Waals surface area contributed by atoms with Crippen LogP contribution in [0.4, 0.5) is 0 Å². The van der Waals surface area contributed by atoms with Crippen LogP contribution in [0.5, 0.6) is 0 Å². The number of cyclic esters (lactones) is 1. The van der Waals surface area contributed by atoms with Gasteiger partial charge in [-0.1, -0.05) is 40.9 Å². The molecule has 0 saturated heterocycles. The fraction of sp³-hybridized carbons (Fsp3) is 0.0476. The molecule has 1 aliphatic heterocycles. The average Bonchev–Trinajstić information content (AvgIpc) is 3.25. The Morgan fingerprint density at radius 1 is 1.00 bits per heavy atom. The molecule has 4 rings (SSSR count). The second-order valence-corrected chi connectivity index (χ2v) is 6.87. The summed E-state index contributed by atoms with van der Waals surface area (Å²) in [5, 5.41) is 1.07. The van der Waals surface area contributed by atoms with Gasteiger partial charge in [-0.05, 0) is 49.4 Å². The van der Waals surface area contributed by atoms with Crippen molar-refractivity contribution in [1.29, 1.82) is 0 Å². The van der Waals surface area contributed by atoms with E-state index in [2.05, 4.69) is 4.99 Å². The number of carbonyl (C=O) groups is 1. The molecular weight excluding hydrogens is 385 g/mol. The molecule has 3 aromatic rings. The third-order valence-electron chi connectivity index (χ3n) is 4.02. The summed E-state index contributed by atoms with van der Waals surface area (Å²) >= 11 is 12.2. The smallest absolute Gasteiger partial charge is 0.363 e. The molecule has 2 aromatic carbocycles. The molecule has 0 fully saturated rings. The minimum absolute atomic E-state index is 0.170. The van der Waals surface area contributed by atoms with E-state index in [0.717, 1.165) is 11.1 Å². The monoisotopic (exact) mass is 397 g/mol. The number of hydrogen-bond donors (Lipinski definition) is 0. The second kappa shape index (κ2) is 7.06. The van der Waals surface area contributed by atoms with Crippen LogP contribution in [0.2, 0.25) is 10.0 Å². The largest absolute Gasteiger partial charge is 0.457 e. The maximum absolute atomic E-state index is 12.1. The van der Waals surface area contributed by atoms with Crippen molar-refractivity contribution >= 4 is 41.1 Å². The number of furan rings is 1. The first-order valence-electron chi connectivity index (χ1n) is 8.14. The normalized spacial score (nSPS) is 15.1. The van der Waals surface area contributed by atoms with Gasteiger partial charge < -0.3 is 9.15 Å². The number of carbonyl (C=O) groups excluding carboxylic acids is 1. The molecule has 6 heteroatoms. The van der Waals surface area contributed by atoms with Crippen molar-refractivity contribution in [3.63, 3.8) is 0 Å². The molecule has 2 heterocycles. The molecule has 27 heavy (non-hydrogen) atoms. The van der Waals surface area contributed by atoms with Gasteiger partial charge in [-0.2, -0.15) is 0 Å². The van der Waals surface area contributed by atoms with Crippen molar-refractivity contribution in [3.8, 4) is 11.3 Å². The predicted molar refractivity (Wildman–Crippen MR) is 106 cm³/mol. The maximum atomic E-state index is 12.1. The number of ether oxygens (including phenoxy) is 1. The van der Waals surface area contributed by atoms with Crippen molar-refractivity contribution < 1.29 is 13.9 Å². The Kier molecular flexibility index (Phi) is 4.60. The number of benzene rings is 2. The van der Waals surface area contributed by atoms with E-state index in [1.54, 1.807) is 30.3 Å². The molecule has 0 aliphatic carbocycles. The number of hydrogen-bond acceptors (Lipinski definition) is 4. The van der Waals surface area contributed by atoms with Gasteiger partial charge in [-0.15, -0.1) is 0 Å². The first-order valence-corrected chi connectivity index (χ1v) is 8.90. The van der Waals surface area contributed by atoms with Gasteiger partial charge in [0, 0.05) is 22.2 Å². The lowest BCUT2D eigenvalue weighted by molar-refractivity contribution is -0.129. The highest BCUT2D eigenvalue weighted by atomic mass is 35.5. The van der Waals surface area contributed by atoms with Gasteiger partial charge in [0.1, 0.15) is 11.5 Å². The summed E-state index contributed by atoms with van der Waals surface area (Å²) in [6.45, 7) is 1.98. The Hall–Kier alpha value is -2.82. The minimum Gasteiger partial charge on any atom is -0.457 e.